The van der Waals surface area contributed by atoms with E-state index in [0.717, 1.165) is 25.8 Å². The zero-order chi connectivity index (χ0) is 16.8. The predicted octanol–water partition coefficient (Wildman–Crippen LogP) is 1.94. The molecule has 2 unspecified atom stereocenters. The summed E-state index contributed by atoms with van der Waals surface area (Å²) in [6, 6.07) is 0. The minimum absolute atomic E-state index is 0.0431. The van der Waals surface area contributed by atoms with E-state index in [-0.39, 0.29) is 24.3 Å². The Hall–Kier alpha value is -1.10. The van der Waals surface area contributed by atoms with Crippen molar-refractivity contribution in [1.29, 1.82) is 0 Å². The number of carbonyl (C=O) groups is 2. The van der Waals surface area contributed by atoms with Crippen LogP contribution in [0.5, 0.6) is 0 Å². The van der Waals surface area contributed by atoms with Crippen molar-refractivity contribution in [2.24, 2.45) is 11.8 Å². The molecule has 0 radical (unpaired) electrons. The van der Waals surface area contributed by atoms with Crippen LogP contribution in [0.3, 0.4) is 0 Å². The largest absolute Gasteiger partial charge is 0.388 e. The van der Waals surface area contributed by atoms with E-state index in [2.05, 4.69) is 19.2 Å². The molecule has 128 valence electrons. The lowest BCUT2D eigenvalue weighted by molar-refractivity contribution is -0.135. The topological polar surface area (TPSA) is 69.6 Å². The van der Waals surface area contributed by atoms with Gasteiger partial charge in [0.1, 0.15) is 0 Å². The molecule has 5 heteroatoms. The number of aliphatic hydroxyl groups is 1. The molecule has 1 heterocycles. The molecular formula is C17H32N2O3. The summed E-state index contributed by atoms with van der Waals surface area (Å²) in [5.41, 5.74) is -0.868. The van der Waals surface area contributed by atoms with Gasteiger partial charge >= 0.3 is 0 Å². The molecule has 1 saturated heterocycles. The molecule has 1 fully saturated rings. The highest BCUT2D eigenvalue weighted by Gasteiger charge is 2.29. The average molecular weight is 312 g/mol. The van der Waals surface area contributed by atoms with Crippen LogP contribution in [0.1, 0.15) is 59.8 Å². The van der Waals surface area contributed by atoms with Crippen molar-refractivity contribution in [2.75, 3.05) is 19.6 Å². The molecule has 1 rings (SSSR count). The number of hydrogen-bond acceptors (Lipinski definition) is 3. The fourth-order valence-electron chi connectivity index (χ4n) is 2.75. The SMILES string of the molecule is CCC(=O)N1CCCC(C(=O)NCC(C)(O)CCC(C)C)C1. The fourth-order valence-corrected chi connectivity index (χ4v) is 2.75. The maximum absolute atomic E-state index is 12.3. The Kier molecular flexibility index (Phi) is 7.33. The third-order valence-corrected chi connectivity index (χ3v) is 4.35. The van der Waals surface area contributed by atoms with Crippen LogP contribution in [-0.2, 0) is 9.59 Å². The van der Waals surface area contributed by atoms with Gasteiger partial charge in [-0.2, -0.15) is 0 Å². The van der Waals surface area contributed by atoms with E-state index < -0.39 is 5.60 Å². The standard InChI is InChI=1S/C17H32N2O3/c1-5-15(20)19-10-6-7-14(11-19)16(21)18-12-17(4,22)9-8-13(2)3/h13-14,22H,5-12H2,1-4H3,(H,18,21). The lowest BCUT2D eigenvalue weighted by Crippen LogP contribution is -2.48. The number of piperidine rings is 1. The van der Waals surface area contributed by atoms with Crippen LogP contribution < -0.4 is 5.32 Å². The second kappa shape index (κ2) is 8.51. The highest BCUT2D eigenvalue weighted by molar-refractivity contribution is 5.81. The summed E-state index contributed by atoms with van der Waals surface area (Å²) in [6.45, 7) is 9.39. The number of rotatable bonds is 7. The Morgan fingerprint density at radius 3 is 2.68 bits per heavy atom. The zero-order valence-corrected chi connectivity index (χ0v) is 14.5. The van der Waals surface area contributed by atoms with Gasteiger partial charge in [0.05, 0.1) is 11.5 Å². The molecule has 0 bridgehead atoms. The third kappa shape index (κ3) is 6.34. The van der Waals surface area contributed by atoms with Crippen molar-refractivity contribution in [3.8, 4) is 0 Å². The molecule has 0 aromatic carbocycles. The number of amides is 2. The van der Waals surface area contributed by atoms with Crippen LogP contribution in [0.25, 0.3) is 0 Å². The number of nitrogens with one attached hydrogen (secondary N) is 1. The second-order valence-electron chi connectivity index (χ2n) is 7.18. The molecule has 2 atom stereocenters. The second-order valence-corrected chi connectivity index (χ2v) is 7.18. The van der Waals surface area contributed by atoms with E-state index >= 15 is 0 Å². The Balaban J connectivity index is 2.42. The number of likely N-dealkylation sites (tertiary alicyclic amines) is 1. The zero-order valence-electron chi connectivity index (χ0n) is 14.5. The molecular weight excluding hydrogens is 280 g/mol. The van der Waals surface area contributed by atoms with Crippen LogP contribution >= 0.6 is 0 Å². The van der Waals surface area contributed by atoms with Gasteiger partial charge in [-0.15, -0.1) is 0 Å². The van der Waals surface area contributed by atoms with Gasteiger partial charge < -0.3 is 15.3 Å². The van der Waals surface area contributed by atoms with Crippen molar-refractivity contribution in [3.05, 3.63) is 0 Å². The lowest BCUT2D eigenvalue weighted by atomic mass is 9.94. The summed E-state index contributed by atoms with van der Waals surface area (Å²) in [6.07, 6.45) is 3.78. The van der Waals surface area contributed by atoms with Gasteiger partial charge in [0, 0.05) is 26.1 Å². The maximum Gasteiger partial charge on any atom is 0.225 e. The molecule has 5 nitrogen and oxygen atoms in total. The monoisotopic (exact) mass is 312 g/mol. The summed E-state index contributed by atoms with van der Waals surface area (Å²) < 4.78 is 0. The molecule has 2 N–H and O–H groups in total. The molecule has 0 aliphatic carbocycles. The summed E-state index contributed by atoms with van der Waals surface area (Å²) in [4.78, 5) is 25.8. The van der Waals surface area contributed by atoms with E-state index in [1.54, 1.807) is 11.8 Å². The summed E-state index contributed by atoms with van der Waals surface area (Å²) >= 11 is 0. The van der Waals surface area contributed by atoms with Gasteiger partial charge in [0.2, 0.25) is 11.8 Å². The Morgan fingerprint density at radius 2 is 2.09 bits per heavy atom. The maximum atomic E-state index is 12.3. The molecule has 0 spiro atoms. The van der Waals surface area contributed by atoms with Gasteiger partial charge in [-0.3, -0.25) is 9.59 Å². The number of nitrogens with zero attached hydrogens (tertiary/aromatic N) is 1. The van der Waals surface area contributed by atoms with Crippen LogP contribution in [0.4, 0.5) is 0 Å². The van der Waals surface area contributed by atoms with Crippen LogP contribution in [0, 0.1) is 11.8 Å². The van der Waals surface area contributed by atoms with Crippen LogP contribution in [0.2, 0.25) is 0 Å². The van der Waals surface area contributed by atoms with Gasteiger partial charge in [-0.25, -0.2) is 0 Å². The minimum Gasteiger partial charge on any atom is -0.388 e. The van der Waals surface area contributed by atoms with Gasteiger partial charge in [-0.1, -0.05) is 20.8 Å². The Bertz CT molecular complexity index is 380. The summed E-state index contributed by atoms with van der Waals surface area (Å²) in [5, 5.41) is 13.2. The van der Waals surface area contributed by atoms with Crippen molar-refractivity contribution in [2.45, 2.75) is 65.4 Å². The normalized spacial score (nSPS) is 21.5. The summed E-state index contributed by atoms with van der Waals surface area (Å²) in [5.74, 6) is 0.458. The Labute approximate surface area is 134 Å². The van der Waals surface area contributed by atoms with Crippen molar-refractivity contribution >= 4 is 11.8 Å². The van der Waals surface area contributed by atoms with E-state index in [1.807, 2.05) is 6.92 Å². The molecule has 2 amide bonds. The number of hydrogen-bond donors (Lipinski definition) is 2. The highest BCUT2D eigenvalue weighted by atomic mass is 16.3. The quantitative estimate of drug-likeness (QED) is 0.755. The third-order valence-electron chi connectivity index (χ3n) is 4.35. The van der Waals surface area contributed by atoms with Crippen molar-refractivity contribution in [1.82, 2.24) is 10.2 Å². The first kappa shape index (κ1) is 18.9. The molecule has 1 aliphatic rings. The van der Waals surface area contributed by atoms with Crippen molar-refractivity contribution < 1.29 is 14.7 Å². The van der Waals surface area contributed by atoms with Gasteiger partial charge in [-0.05, 0) is 38.5 Å². The van der Waals surface area contributed by atoms with Gasteiger partial charge in [0.15, 0.2) is 0 Å². The van der Waals surface area contributed by atoms with Gasteiger partial charge in [0.25, 0.3) is 0 Å². The number of carbonyl (C=O) groups excluding carboxylic acids is 2. The van der Waals surface area contributed by atoms with Crippen LogP contribution in [-0.4, -0.2) is 47.1 Å². The smallest absolute Gasteiger partial charge is 0.225 e. The molecule has 0 saturated carbocycles. The van der Waals surface area contributed by atoms with E-state index in [1.165, 1.54) is 0 Å². The van der Waals surface area contributed by atoms with E-state index in [0.29, 0.717) is 25.3 Å². The molecule has 22 heavy (non-hydrogen) atoms. The highest BCUT2D eigenvalue weighted by Crippen LogP contribution is 2.19. The first-order valence-corrected chi connectivity index (χ1v) is 8.53. The first-order valence-electron chi connectivity index (χ1n) is 8.53. The van der Waals surface area contributed by atoms with Crippen LogP contribution in [0.15, 0.2) is 0 Å². The molecule has 1 aliphatic heterocycles. The lowest BCUT2D eigenvalue weighted by Gasteiger charge is -2.33. The molecule has 0 aromatic rings. The first-order chi connectivity index (χ1) is 10.2. The minimum atomic E-state index is -0.868. The fraction of sp³-hybridized carbons (Fsp3) is 0.882. The Morgan fingerprint density at radius 1 is 1.41 bits per heavy atom. The molecule has 0 aromatic heterocycles. The van der Waals surface area contributed by atoms with E-state index in [9.17, 15) is 14.7 Å². The average Bonchev–Trinajstić information content (AvgIpc) is 2.50. The predicted molar refractivity (Wildman–Crippen MR) is 87.3 cm³/mol. The summed E-state index contributed by atoms with van der Waals surface area (Å²) in [7, 11) is 0. The van der Waals surface area contributed by atoms with Crippen molar-refractivity contribution in [3.63, 3.8) is 0 Å². The van der Waals surface area contributed by atoms with E-state index in [4.69, 9.17) is 0 Å².